The number of halogens is 1. The van der Waals surface area contributed by atoms with Gasteiger partial charge in [-0.2, -0.15) is 0 Å². The molecule has 1 saturated heterocycles. The lowest BCUT2D eigenvalue weighted by Gasteiger charge is -2.26. The molecule has 2 aromatic carbocycles. The summed E-state index contributed by atoms with van der Waals surface area (Å²) in [5.41, 5.74) is 1.74. The Balaban J connectivity index is 0.00000300. The molecule has 6 heteroatoms. The third-order valence-corrected chi connectivity index (χ3v) is 5.35. The minimum Gasteiger partial charge on any atom is -0.356 e. The maximum absolute atomic E-state index is 12.9. The molecule has 0 radical (unpaired) electrons. The van der Waals surface area contributed by atoms with Crippen LogP contribution in [-0.4, -0.2) is 38.0 Å². The largest absolute Gasteiger partial charge is 0.356 e. The third-order valence-electron chi connectivity index (χ3n) is 5.35. The fourth-order valence-electron chi connectivity index (χ4n) is 3.68. The molecular weight excluding hydrogens is 386 g/mol. The van der Waals surface area contributed by atoms with Crippen LogP contribution in [0.5, 0.6) is 0 Å². The van der Waals surface area contributed by atoms with Gasteiger partial charge >= 0.3 is 0 Å². The molecular formula is C23H30ClN3O2. The number of benzene rings is 2. The van der Waals surface area contributed by atoms with Crippen LogP contribution in [0.3, 0.4) is 0 Å². The van der Waals surface area contributed by atoms with E-state index in [1.54, 1.807) is 0 Å². The second-order valence-electron chi connectivity index (χ2n) is 7.46. The van der Waals surface area contributed by atoms with Crippen LogP contribution in [0.2, 0.25) is 0 Å². The fourth-order valence-corrected chi connectivity index (χ4v) is 3.68. The van der Waals surface area contributed by atoms with Crippen molar-refractivity contribution in [1.29, 1.82) is 0 Å². The molecule has 1 aliphatic rings. The first kappa shape index (κ1) is 22.9. The van der Waals surface area contributed by atoms with E-state index in [-0.39, 0.29) is 30.6 Å². The Bertz CT molecular complexity index is 762. The van der Waals surface area contributed by atoms with Crippen molar-refractivity contribution in [3.63, 3.8) is 0 Å². The van der Waals surface area contributed by atoms with Crippen LogP contribution in [0.1, 0.15) is 24.0 Å². The summed E-state index contributed by atoms with van der Waals surface area (Å²) in [6, 6.07) is 20.2. The molecule has 3 N–H and O–H groups in total. The monoisotopic (exact) mass is 415 g/mol. The highest BCUT2D eigenvalue weighted by molar-refractivity contribution is 5.89. The number of amides is 2. The number of nitrogens with one attached hydrogen (secondary N) is 3. The quantitative estimate of drug-likeness (QED) is 0.589. The van der Waals surface area contributed by atoms with E-state index < -0.39 is 5.41 Å². The summed E-state index contributed by atoms with van der Waals surface area (Å²) >= 11 is 0. The van der Waals surface area contributed by atoms with Gasteiger partial charge in [0.15, 0.2) is 0 Å². The molecule has 1 fully saturated rings. The number of hydrogen-bond acceptors (Lipinski definition) is 3. The minimum atomic E-state index is -0.645. The lowest BCUT2D eigenvalue weighted by molar-refractivity contribution is -0.135. The summed E-state index contributed by atoms with van der Waals surface area (Å²) in [5.74, 6) is -0.0792. The first-order valence-corrected chi connectivity index (χ1v) is 10.0. The zero-order valence-corrected chi connectivity index (χ0v) is 17.5. The number of carbonyl (C=O) groups is 2. The Kier molecular flexibility index (Phi) is 9.16. The predicted octanol–water partition coefficient (Wildman–Crippen LogP) is 2.50. The lowest BCUT2D eigenvalue weighted by atomic mass is 9.82. The van der Waals surface area contributed by atoms with Gasteiger partial charge in [-0.15, -0.1) is 12.4 Å². The molecule has 29 heavy (non-hydrogen) atoms. The van der Waals surface area contributed by atoms with Gasteiger partial charge in [-0.1, -0.05) is 60.7 Å². The van der Waals surface area contributed by atoms with E-state index in [4.69, 9.17) is 0 Å². The van der Waals surface area contributed by atoms with Gasteiger partial charge in [0, 0.05) is 26.1 Å². The van der Waals surface area contributed by atoms with Crippen molar-refractivity contribution in [3.8, 4) is 0 Å². The van der Waals surface area contributed by atoms with Crippen molar-refractivity contribution >= 4 is 24.2 Å². The molecule has 2 amide bonds. The van der Waals surface area contributed by atoms with Crippen molar-refractivity contribution in [2.45, 2.75) is 25.7 Å². The smallest absolute Gasteiger partial charge is 0.228 e. The normalized spacial score (nSPS) is 17.9. The highest BCUT2D eigenvalue weighted by atomic mass is 35.5. The summed E-state index contributed by atoms with van der Waals surface area (Å²) in [7, 11) is 0. The Morgan fingerprint density at radius 2 is 1.41 bits per heavy atom. The van der Waals surface area contributed by atoms with Gasteiger partial charge in [-0.25, -0.2) is 0 Å². The molecule has 1 unspecified atom stereocenters. The molecule has 1 aliphatic heterocycles. The molecule has 0 spiro atoms. The third kappa shape index (κ3) is 6.87. The summed E-state index contributed by atoms with van der Waals surface area (Å²) in [4.78, 5) is 25.3. The first-order chi connectivity index (χ1) is 13.7. The predicted molar refractivity (Wildman–Crippen MR) is 118 cm³/mol. The first-order valence-electron chi connectivity index (χ1n) is 10.0. The molecule has 0 saturated carbocycles. The van der Waals surface area contributed by atoms with E-state index >= 15 is 0 Å². The van der Waals surface area contributed by atoms with Gasteiger partial charge in [0.1, 0.15) is 0 Å². The summed E-state index contributed by atoms with van der Waals surface area (Å²) < 4.78 is 0. The highest BCUT2D eigenvalue weighted by Crippen LogP contribution is 2.30. The molecule has 2 aromatic rings. The maximum Gasteiger partial charge on any atom is 0.228 e. The van der Waals surface area contributed by atoms with Gasteiger partial charge in [-0.3, -0.25) is 9.59 Å². The van der Waals surface area contributed by atoms with E-state index in [9.17, 15) is 9.59 Å². The van der Waals surface area contributed by atoms with Crippen molar-refractivity contribution < 1.29 is 9.59 Å². The van der Waals surface area contributed by atoms with Crippen LogP contribution in [-0.2, 0) is 22.4 Å². The Labute approximate surface area is 179 Å². The molecule has 3 rings (SSSR count). The Morgan fingerprint density at radius 3 is 1.93 bits per heavy atom. The topological polar surface area (TPSA) is 70.2 Å². The van der Waals surface area contributed by atoms with E-state index in [1.807, 2.05) is 36.4 Å². The summed E-state index contributed by atoms with van der Waals surface area (Å²) in [5, 5.41) is 9.26. The molecule has 1 atom stereocenters. The van der Waals surface area contributed by atoms with Crippen LogP contribution in [0.25, 0.3) is 0 Å². The Hall–Kier alpha value is -2.37. The standard InChI is InChI=1S/C23H29N3O2.ClH/c27-21(25-14-11-19-7-3-1-4-8-19)17-23(13-16-24-18-23)22(28)26-15-12-20-9-5-2-6-10-20;/h1-10,24H,11-18H2,(H,25,27)(H,26,28);1H. The maximum atomic E-state index is 12.9. The SMILES string of the molecule is Cl.O=C(CC1(C(=O)NCCc2ccccc2)CCNC1)NCCc1ccccc1. The van der Waals surface area contributed by atoms with Crippen molar-refractivity contribution in [1.82, 2.24) is 16.0 Å². The number of hydrogen-bond donors (Lipinski definition) is 3. The number of carbonyl (C=O) groups excluding carboxylic acids is 2. The second-order valence-corrected chi connectivity index (χ2v) is 7.46. The highest BCUT2D eigenvalue weighted by Gasteiger charge is 2.42. The van der Waals surface area contributed by atoms with Crippen LogP contribution in [0, 0.1) is 5.41 Å². The molecule has 0 aromatic heterocycles. The summed E-state index contributed by atoms with van der Waals surface area (Å²) in [6.45, 7) is 2.49. The molecule has 0 aliphatic carbocycles. The van der Waals surface area contributed by atoms with Gasteiger partial charge in [0.2, 0.25) is 11.8 Å². The zero-order valence-electron chi connectivity index (χ0n) is 16.7. The van der Waals surface area contributed by atoms with E-state index in [2.05, 4.69) is 40.2 Å². The zero-order chi connectivity index (χ0) is 19.7. The van der Waals surface area contributed by atoms with E-state index in [1.165, 1.54) is 11.1 Å². The van der Waals surface area contributed by atoms with Gasteiger partial charge in [-0.05, 0) is 36.9 Å². The molecule has 5 nitrogen and oxygen atoms in total. The van der Waals surface area contributed by atoms with Gasteiger partial charge in [0.05, 0.1) is 5.41 Å². The van der Waals surface area contributed by atoms with Crippen LogP contribution < -0.4 is 16.0 Å². The fraction of sp³-hybridized carbons (Fsp3) is 0.391. The average Bonchev–Trinajstić information content (AvgIpc) is 3.19. The van der Waals surface area contributed by atoms with E-state index in [0.717, 1.165) is 19.4 Å². The van der Waals surface area contributed by atoms with Gasteiger partial charge < -0.3 is 16.0 Å². The average molecular weight is 416 g/mol. The lowest BCUT2D eigenvalue weighted by Crippen LogP contribution is -2.46. The minimum absolute atomic E-state index is 0. The van der Waals surface area contributed by atoms with Crippen molar-refractivity contribution in [2.75, 3.05) is 26.2 Å². The Morgan fingerprint density at radius 1 is 0.862 bits per heavy atom. The van der Waals surface area contributed by atoms with Gasteiger partial charge in [0.25, 0.3) is 0 Å². The molecule has 1 heterocycles. The van der Waals surface area contributed by atoms with Crippen LogP contribution in [0.15, 0.2) is 60.7 Å². The van der Waals surface area contributed by atoms with Crippen LogP contribution >= 0.6 is 12.4 Å². The van der Waals surface area contributed by atoms with E-state index in [0.29, 0.717) is 26.1 Å². The molecule has 0 bridgehead atoms. The van der Waals surface area contributed by atoms with Crippen LogP contribution in [0.4, 0.5) is 0 Å². The molecule has 156 valence electrons. The number of rotatable bonds is 9. The summed E-state index contributed by atoms with van der Waals surface area (Å²) in [6.07, 6.45) is 2.50. The van der Waals surface area contributed by atoms with Crippen molar-refractivity contribution in [2.24, 2.45) is 5.41 Å². The van der Waals surface area contributed by atoms with Crippen molar-refractivity contribution in [3.05, 3.63) is 71.8 Å². The second kappa shape index (κ2) is 11.6.